The van der Waals surface area contributed by atoms with Crippen LogP contribution >= 0.6 is 0 Å². The molecule has 0 heterocycles. The molecule has 1 amide bonds. The van der Waals surface area contributed by atoms with Crippen LogP contribution in [0.25, 0.3) is 0 Å². The minimum Gasteiger partial charge on any atom is -0.452 e. The van der Waals surface area contributed by atoms with Gasteiger partial charge in [0.05, 0.1) is 11.6 Å². The van der Waals surface area contributed by atoms with Crippen molar-refractivity contribution in [2.45, 2.75) is 13.0 Å². The minimum absolute atomic E-state index is 0.314. The molecule has 25 heavy (non-hydrogen) atoms. The van der Waals surface area contributed by atoms with E-state index in [1.165, 1.54) is 12.1 Å². The number of nitrogens with one attached hydrogen (secondary N) is 1. The van der Waals surface area contributed by atoms with Crippen molar-refractivity contribution in [1.82, 2.24) is 5.32 Å². The van der Waals surface area contributed by atoms with Gasteiger partial charge >= 0.3 is 5.97 Å². The zero-order valence-corrected chi connectivity index (χ0v) is 14.5. The van der Waals surface area contributed by atoms with Crippen molar-refractivity contribution in [3.05, 3.63) is 65.5 Å². The van der Waals surface area contributed by atoms with Gasteiger partial charge in [0, 0.05) is 19.8 Å². The molecule has 0 aromatic heterocycles. The highest BCUT2D eigenvalue weighted by Crippen LogP contribution is 2.14. The summed E-state index contributed by atoms with van der Waals surface area (Å²) < 4.78 is 17.9. The lowest BCUT2D eigenvalue weighted by Gasteiger charge is -2.15. The van der Waals surface area contributed by atoms with Crippen LogP contribution in [0.3, 0.4) is 0 Å². The molecule has 6 heteroatoms. The molecular formula is C19H21FN2O3. The summed E-state index contributed by atoms with van der Waals surface area (Å²) in [4.78, 5) is 25.8. The van der Waals surface area contributed by atoms with E-state index in [0.29, 0.717) is 5.56 Å². The summed E-state index contributed by atoms with van der Waals surface area (Å²) in [5.41, 5.74) is 2.10. The first-order chi connectivity index (χ1) is 11.9. The number of amides is 1. The lowest BCUT2D eigenvalue weighted by molar-refractivity contribution is -0.124. The first kappa shape index (κ1) is 18.4. The number of hydrogen-bond acceptors (Lipinski definition) is 4. The third kappa shape index (κ3) is 5.31. The summed E-state index contributed by atoms with van der Waals surface area (Å²) in [7, 11) is 3.81. The second-order valence-corrected chi connectivity index (χ2v) is 5.86. The van der Waals surface area contributed by atoms with E-state index in [9.17, 15) is 14.0 Å². The smallest absolute Gasteiger partial charge is 0.338 e. The molecule has 2 rings (SSSR count). The Hall–Kier alpha value is -2.89. The Bertz CT molecular complexity index is 727. The van der Waals surface area contributed by atoms with Crippen molar-refractivity contribution in [3.63, 3.8) is 0 Å². The Kier molecular flexibility index (Phi) is 6.11. The van der Waals surface area contributed by atoms with E-state index in [1.807, 2.05) is 19.0 Å². The van der Waals surface area contributed by atoms with E-state index in [2.05, 4.69) is 5.32 Å². The van der Waals surface area contributed by atoms with Crippen molar-refractivity contribution in [3.8, 4) is 0 Å². The van der Waals surface area contributed by atoms with Crippen molar-refractivity contribution in [2.75, 3.05) is 25.6 Å². The molecule has 0 aliphatic heterocycles. The average molecular weight is 344 g/mol. The molecule has 5 nitrogen and oxygen atoms in total. The number of hydrogen-bond donors (Lipinski definition) is 1. The van der Waals surface area contributed by atoms with Crippen LogP contribution < -0.4 is 10.2 Å². The standard InChI is InChI=1S/C19H21FN2O3/c1-13(14-4-8-16(20)9-5-14)21-18(23)12-25-19(24)15-6-10-17(11-7-15)22(2)3/h4-11,13H,12H2,1-3H3,(H,21,23)/t13-/m0/s1. The van der Waals surface area contributed by atoms with Crippen LogP contribution in [0.4, 0.5) is 10.1 Å². The minimum atomic E-state index is -0.560. The van der Waals surface area contributed by atoms with Gasteiger partial charge in [0.2, 0.25) is 0 Å². The Morgan fingerprint density at radius 2 is 1.68 bits per heavy atom. The van der Waals surface area contributed by atoms with Gasteiger partial charge in [0.15, 0.2) is 6.61 Å². The Morgan fingerprint density at radius 3 is 2.24 bits per heavy atom. The summed E-state index contributed by atoms with van der Waals surface area (Å²) in [6.45, 7) is 1.40. The molecule has 0 unspecified atom stereocenters. The third-order valence-electron chi connectivity index (χ3n) is 3.70. The lowest BCUT2D eigenvalue weighted by atomic mass is 10.1. The fourth-order valence-electron chi connectivity index (χ4n) is 2.23. The zero-order chi connectivity index (χ0) is 18.4. The van der Waals surface area contributed by atoms with E-state index < -0.39 is 11.9 Å². The van der Waals surface area contributed by atoms with E-state index in [4.69, 9.17) is 4.74 Å². The summed E-state index contributed by atoms with van der Waals surface area (Å²) >= 11 is 0. The molecule has 0 saturated carbocycles. The first-order valence-corrected chi connectivity index (χ1v) is 7.86. The topological polar surface area (TPSA) is 58.6 Å². The summed E-state index contributed by atoms with van der Waals surface area (Å²) in [5, 5.41) is 2.70. The quantitative estimate of drug-likeness (QED) is 0.819. The molecule has 0 radical (unpaired) electrons. The normalized spacial score (nSPS) is 11.5. The van der Waals surface area contributed by atoms with Gasteiger partial charge in [0.25, 0.3) is 5.91 Å². The van der Waals surface area contributed by atoms with Gasteiger partial charge in [-0.25, -0.2) is 9.18 Å². The van der Waals surface area contributed by atoms with E-state index in [0.717, 1.165) is 11.3 Å². The zero-order valence-electron chi connectivity index (χ0n) is 14.5. The highest BCUT2D eigenvalue weighted by molar-refractivity contribution is 5.91. The number of anilines is 1. The van der Waals surface area contributed by atoms with E-state index in [-0.39, 0.29) is 18.5 Å². The maximum absolute atomic E-state index is 12.9. The molecule has 2 aromatic carbocycles. The monoisotopic (exact) mass is 344 g/mol. The Morgan fingerprint density at radius 1 is 1.08 bits per heavy atom. The second-order valence-electron chi connectivity index (χ2n) is 5.86. The molecule has 0 spiro atoms. The van der Waals surface area contributed by atoms with Gasteiger partial charge in [-0.2, -0.15) is 0 Å². The van der Waals surface area contributed by atoms with Gasteiger partial charge in [-0.1, -0.05) is 12.1 Å². The van der Waals surface area contributed by atoms with Crippen LogP contribution in [-0.4, -0.2) is 32.6 Å². The van der Waals surface area contributed by atoms with E-state index in [1.54, 1.807) is 43.3 Å². The SMILES string of the molecule is C[C@H](NC(=O)COC(=O)c1ccc(N(C)C)cc1)c1ccc(F)cc1. The van der Waals surface area contributed by atoms with Crippen molar-refractivity contribution in [1.29, 1.82) is 0 Å². The van der Waals surface area contributed by atoms with Gasteiger partial charge in [-0.15, -0.1) is 0 Å². The number of halogens is 1. The number of ether oxygens (including phenoxy) is 1. The molecule has 0 fully saturated rings. The predicted molar refractivity (Wildman–Crippen MR) is 94.0 cm³/mol. The fraction of sp³-hybridized carbons (Fsp3) is 0.263. The third-order valence-corrected chi connectivity index (χ3v) is 3.70. The van der Waals surface area contributed by atoms with Gasteiger partial charge in [-0.3, -0.25) is 4.79 Å². The predicted octanol–water partition coefficient (Wildman–Crippen LogP) is 2.93. The lowest BCUT2D eigenvalue weighted by Crippen LogP contribution is -2.31. The van der Waals surface area contributed by atoms with Crippen LogP contribution in [-0.2, 0) is 9.53 Å². The number of esters is 1. The van der Waals surface area contributed by atoms with Crippen LogP contribution in [0.5, 0.6) is 0 Å². The Labute approximate surface area is 146 Å². The highest BCUT2D eigenvalue weighted by atomic mass is 19.1. The number of nitrogens with zero attached hydrogens (tertiary/aromatic N) is 1. The van der Waals surface area contributed by atoms with Gasteiger partial charge in [-0.05, 0) is 48.9 Å². The average Bonchev–Trinajstić information content (AvgIpc) is 2.60. The molecule has 1 N–H and O–H groups in total. The maximum atomic E-state index is 12.9. The maximum Gasteiger partial charge on any atom is 0.338 e. The second kappa shape index (κ2) is 8.28. The van der Waals surface area contributed by atoms with Crippen LogP contribution in [0, 0.1) is 5.82 Å². The van der Waals surface area contributed by atoms with Crippen molar-refractivity contribution in [2.24, 2.45) is 0 Å². The molecule has 2 aromatic rings. The van der Waals surface area contributed by atoms with Crippen molar-refractivity contribution >= 4 is 17.6 Å². The molecule has 1 atom stereocenters. The molecule has 0 bridgehead atoms. The fourth-order valence-corrected chi connectivity index (χ4v) is 2.23. The summed E-state index contributed by atoms with van der Waals surface area (Å²) in [5.74, 6) is -1.32. The highest BCUT2D eigenvalue weighted by Gasteiger charge is 2.13. The Balaban J connectivity index is 1.84. The van der Waals surface area contributed by atoms with E-state index >= 15 is 0 Å². The van der Waals surface area contributed by atoms with Crippen LogP contribution in [0.1, 0.15) is 28.9 Å². The summed E-state index contributed by atoms with van der Waals surface area (Å²) in [6.07, 6.45) is 0. The van der Waals surface area contributed by atoms with Gasteiger partial charge < -0.3 is 15.0 Å². The molecule has 0 saturated heterocycles. The largest absolute Gasteiger partial charge is 0.452 e. The van der Waals surface area contributed by atoms with Gasteiger partial charge in [0.1, 0.15) is 5.82 Å². The molecular weight excluding hydrogens is 323 g/mol. The number of carbonyl (C=O) groups is 2. The first-order valence-electron chi connectivity index (χ1n) is 7.86. The number of benzene rings is 2. The summed E-state index contributed by atoms with van der Waals surface area (Å²) in [6, 6.07) is 12.4. The van der Waals surface area contributed by atoms with Crippen molar-refractivity contribution < 1.29 is 18.7 Å². The number of rotatable bonds is 6. The molecule has 0 aliphatic carbocycles. The molecule has 0 aliphatic rings. The molecule has 132 valence electrons. The van der Waals surface area contributed by atoms with Crippen LogP contribution in [0.2, 0.25) is 0 Å². The number of carbonyl (C=O) groups excluding carboxylic acids is 2. The van der Waals surface area contributed by atoms with Crippen LogP contribution in [0.15, 0.2) is 48.5 Å².